The SMILES string of the molecule is Cc1nc(N2CCC3(CC2)CO[C@@H](C)[C@H]3N)c(CO)nc1-c1ccnc(Cl)c1Cl. The number of aryl methyl sites for hydroxylation is 1. The van der Waals surface area contributed by atoms with Crippen molar-refractivity contribution >= 4 is 29.0 Å². The summed E-state index contributed by atoms with van der Waals surface area (Å²) in [4.78, 5) is 15.6. The van der Waals surface area contributed by atoms with E-state index in [0.29, 0.717) is 34.4 Å². The van der Waals surface area contributed by atoms with Crippen LogP contribution in [0.3, 0.4) is 0 Å². The van der Waals surface area contributed by atoms with E-state index in [2.05, 4.69) is 14.9 Å². The number of hydrogen-bond acceptors (Lipinski definition) is 7. The maximum absolute atomic E-state index is 9.98. The number of piperidine rings is 1. The first kappa shape index (κ1) is 20.8. The van der Waals surface area contributed by atoms with Gasteiger partial charge in [-0.25, -0.2) is 15.0 Å². The van der Waals surface area contributed by atoms with Gasteiger partial charge >= 0.3 is 0 Å². The topological polar surface area (TPSA) is 97.4 Å². The number of hydrogen-bond donors (Lipinski definition) is 2. The molecule has 0 radical (unpaired) electrons. The lowest BCUT2D eigenvalue weighted by Gasteiger charge is -2.42. The highest BCUT2D eigenvalue weighted by molar-refractivity contribution is 6.42. The van der Waals surface area contributed by atoms with E-state index in [4.69, 9.17) is 38.7 Å². The number of anilines is 1. The van der Waals surface area contributed by atoms with Crippen LogP contribution in [0.1, 0.15) is 31.2 Å². The summed E-state index contributed by atoms with van der Waals surface area (Å²) in [5, 5.41) is 10.5. The second-order valence-electron chi connectivity index (χ2n) is 7.94. The fourth-order valence-electron chi connectivity index (χ4n) is 4.39. The van der Waals surface area contributed by atoms with E-state index in [-0.39, 0.29) is 29.3 Å². The monoisotopic (exact) mass is 437 g/mol. The standard InChI is InChI=1S/C20H25Cl2N5O2/c1-11-16(13-3-6-24-18(22)15(13)21)26-14(9-28)19(25-11)27-7-4-20(5-8-27)10-29-12(2)17(20)23/h3,6,12,17,28H,4-5,7-10,23H2,1-2H3/t12-,17+/m0/s1. The second kappa shape index (κ2) is 7.96. The summed E-state index contributed by atoms with van der Waals surface area (Å²) in [6.45, 7) is 6.01. The largest absolute Gasteiger partial charge is 0.390 e. The number of halogens is 2. The highest BCUT2D eigenvalue weighted by atomic mass is 35.5. The van der Waals surface area contributed by atoms with E-state index in [0.717, 1.165) is 31.6 Å². The van der Waals surface area contributed by atoms with Gasteiger partial charge in [-0.1, -0.05) is 23.2 Å². The molecule has 0 bridgehead atoms. The third kappa shape index (κ3) is 3.59. The molecule has 4 rings (SSSR count). The molecular formula is C20H25Cl2N5O2. The second-order valence-corrected chi connectivity index (χ2v) is 8.68. The van der Waals surface area contributed by atoms with E-state index in [1.165, 1.54) is 0 Å². The summed E-state index contributed by atoms with van der Waals surface area (Å²) in [5.41, 5.74) is 8.94. The molecule has 3 N–H and O–H groups in total. The molecule has 0 aliphatic carbocycles. The summed E-state index contributed by atoms with van der Waals surface area (Å²) >= 11 is 12.4. The Morgan fingerprint density at radius 2 is 2.03 bits per heavy atom. The number of ether oxygens (including phenoxy) is 1. The van der Waals surface area contributed by atoms with E-state index in [1.807, 2.05) is 13.8 Å². The van der Waals surface area contributed by atoms with Gasteiger partial charge in [-0.3, -0.25) is 0 Å². The first-order valence-corrected chi connectivity index (χ1v) is 10.5. The van der Waals surface area contributed by atoms with Gasteiger partial charge in [0.2, 0.25) is 0 Å². The zero-order valence-corrected chi connectivity index (χ0v) is 18.0. The quantitative estimate of drug-likeness (QED) is 0.711. The highest BCUT2D eigenvalue weighted by Gasteiger charge is 2.47. The number of nitrogens with two attached hydrogens (primary N) is 1. The van der Waals surface area contributed by atoms with Gasteiger partial charge in [0.15, 0.2) is 5.82 Å². The average molecular weight is 438 g/mol. The molecule has 2 aromatic heterocycles. The molecule has 2 fully saturated rings. The highest BCUT2D eigenvalue weighted by Crippen LogP contribution is 2.42. The Labute approximate surface area is 180 Å². The number of pyridine rings is 1. The minimum absolute atomic E-state index is 0.0268. The van der Waals surface area contributed by atoms with Crippen LogP contribution in [0.4, 0.5) is 5.82 Å². The normalized spacial score (nSPS) is 23.7. The lowest BCUT2D eigenvalue weighted by molar-refractivity contribution is 0.0973. The van der Waals surface area contributed by atoms with E-state index in [9.17, 15) is 5.11 Å². The van der Waals surface area contributed by atoms with Gasteiger partial charge in [0, 0.05) is 36.3 Å². The number of nitrogens with zero attached hydrogens (tertiary/aromatic N) is 4. The smallest absolute Gasteiger partial charge is 0.153 e. The Morgan fingerprint density at radius 3 is 2.66 bits per heavy atom. The molecule has 4 heterocycles. The Morgan fingerprint density at radius 1 is 1.31 bits per heavy atom. The third-order valence-electron chi connectivity index (χ3n) is 6.28. The van der Waals surface area contributed by atoms with Crippen molar-refractivity contribution in [2.75, 3.05) is 24.6 Å². The van der Waals surface area contributed by atoms with Gasteiger partial charge in [-0.2, -0.15) is 0 Å². The van der Waals surface area contributed by atoms with Crippen molar-refractivity contribution in [1.29, 1.82) is 0 Å². The number of aliphatic hydroxyl groups excluding tert-OH is 1. The van der Waals surface area contributed by atoms with Gasteiger partial charge < -0.3 is 20.5 Å². The zero-order valence-electron chi connectivity index (χ0n) is 16.5. The molecule has 0 aromatic carbocycles. The Kier molecular flexibility index (Phi) is 5.70. The first-order valence-electron chi connectivity index (χ1n) is 9.77. The van der Waals surface area contributed by atoms with Gasteiger partial charge in [-0.05, 0) is 32.8 Å². The molecule has 7 nitrogen and oxygen atoms in total. The van der Waals surface area contributed by atoms with Crippen molar-refractivity contribution in [2.24, 2.45) is 11.1 Å². The fraction of sp³-hybridized carbons (Fsp3) is 0.550. The van der Waals surface area contributed by atoms with Gasteiger partial charge in [-0.15, -0.1) is 0 Å². The summed E-state index contributed by atoms with van der Waals surface area (Å²) in [6, 6.07) is 1.80. The lowest BCUT2D eigenvalue weighted by atomic mass is 9.73. The van der Waals surface area contributed by atoms with Crippen LogP contribution in [0, 0.1) is 12.3 Å². The molecule has 2 aliphatic rings. The van der Waals surface area contributed by atoms with E-state index >= 15 is 0 Å². The van der Waals surface area contributed by atoms with Crippen molar-refractivity contribution in [2.45, 2.75) is 45.4 Å². The molecule has 0 saturated carbocycles. The van der Waals surface area contributed by atoms with Crippen LogP contribution in [0.5, 0.6) is 0 Å². The zero-order chi connectivity index (χ0) is 20.8. The van der Waals surface area contributed by atoms with Crippen LogP contribution >= 0.6 is 23.2 Å². The third-order valence-corrected chi connectivity index (χ3v) is 7.04. The molecule has 2 saturated heterocycles. The average Bonchev–Trinajstić information content (AvgIpc) is 2.99. The van der Waals surface area contributed by atoms with Gasteiger partial charge in [0.25, 0.3) is 0 Å². The Bertz CT molecular complexity index is 918. The molecule has 1 spiro atoms. The van der Waals surface area contributed by atoms with Crippen molar-refractivity contribution < 1.29 is 9.84 Å². The number of rotatable bonds is 3. The van der Waals surface area contributed by atoms with E-state index in [1.54, 1.807) is 12.3 Å². The first-order chi connectivity index (χ1) is 13.9. The van der Waals surface area contributed by atoms with Crippen LogP contribution in [-0.2, 0) is 11.3 Å². The molecule has 2 atom stereocenters. The minimum Gasteiger partial charge on any atom is -0.390 e. The molecule has 9 heteroatoms. The van der Waals surface area contributed by atoms with Crippen molar-refractivity contribution in [1.82, 2.24) is 15.0 Å². The molecule has 156 valence electrons. The summed E-state index contributed by atoms with van der Waals surface area (Å²) in [6.07, 6.45) is 3.53. The molecule has 2 aliphatic heterocycles. The van der Waals surface area contributed by atoms with Crippen LogP contribution < -0.4 is 10.6 Å². The molecule has 29 heavy (non-hydrogen) atoms. The lowest BCUT2D eigenvalue weighted by Crippen LogP contribution is -2.51. The Balaban J connectivity index is 1.63. The number of aliphatic hydroxyl groups is 1. The minimum atomic E-state index is -0.215. The van der Waals surface area contributed by atoms with Crippen LogP contribution in [0.25, 0.3) is 11.3 Å². The predicted octanol–water partition coefficient (Wildman–Crippen LogP) is 2.98. The summed E-state index contributed by atoms with van der Waals surface area (Å²) in [5.74, 6) is 0.709. The molecular weight excluding hydrogens is 413 g/mol. The molecule has 2 aromatic rings. The summed E-state index contributed by atoms with van der Waals surface area (Å²) in [7, 11) is 0. The van der Waals surface area contributed by atoms with Crippen molar-refractivity contribution in [3.05, 3.63) is 33.8 Å². The number of aromatic nitrogens is 3. The van der Waals surface area contributed by atoms with Crippen molar-refractivity contribution in [3.63, 3.8) is 0 Å². The van der Waals surface area contributed by atoms with E-state index < -0.39 is 0 Å². The van der Waals surface area contributed by atoms with Crippen LogP contribution in [0.15, 0.2) is 12.3 Å². The fourth-order valence-corrected chi connectivity index (χ4v) is 4.75. The molecule has 0 amide bonds. The Hall–Kier alpha value is -1.51. The van der Waals surface area contributed by atoms with Gasteiger partial charge in [0.1, 0.15) is 10.8 Å². The van der Waals surface area contributed by atoms with Crippen molar-refractivity contribution in [3.8, 4) is 11.3 Å². The maximum atomic E-state index is 9.98. The van der Waals surface area contributed by atoms with Crippen LogP contribution in [-0.4, -0.2) is 51.9 Å². The van der Waals surface area contributed by atoms with Gasteiger partial charge in [0.05, 0.1) is 35.7 Å². The van der Waals surface area contributed by atoms with Crippen LogP contribution in [0.2, 0.25) is 10.2 Å². The maximum Gasteiger partial charge on any atom is 0.153 e. The summed E-state index contributed by atoms with van der Waals surface area (Å²) < 4.78 is 5.81. The predicted molar refractivity (Wildman–Crippen MR) is 113 cm³/mol. The molecule has 0 unspecified atom stereocenters.